The van der Waals surface area contributed by atoms with Gasteiger partial charge in [0, 0.05) is 11.3 Å². The molecule has 0 aliphatic heterocycles. The average Bonchev–Trinajstić information content (AvgIpc) is 2.37. The number of halogens is 2. The smallest absolute Gasteiger partial charge is 0.255 e. The molecular weight excluding hydrogens is 281 g/mol. The minimum atomic E-state index is -0.207. The lowest BCUT2D eigenvalue weighted by molar-refractivity contribution is 0.102. The van der Waals surface area contributed by atoms with Gasteiger partial charge in [-0.2, -0.15) is 0 Å². The van der Waals surface area contributed by atoms with Gasteiger partial charge in [-0.15, -0.1) is 0 Å². The van der Waals surface area contributed by atoms with Crippen LogP contribution in [0.5, 0.6) is 0 Å². The van der Waals surface area contributed by atoms with E-state index in [-0.39, 0.29) is 5.91 Å². The van der Waals surface area contributed by atoms with E-state index in [1.807, 2.05) is 32.0 Å². The van der Waals surface area contributed by atoms with E-state index in [2.05, 4.69) is 5.32 Å². The Hall–Kier alpha value is -1.51. The van der Waals surface area contributed by atoms with Crippen molar-refractivity contribution in [2.75, 3.05) is 5.32 Å². The lowest BCUT2D eigenvalue weighted by Gasteiger charge is -2.08. The summed E-state index contributed by atoms with van der Waals surface area (Å²) in [7, 11) is 0. The summed E-state index contributed by atoms with van der Waals surface area (Å²) < 4.78 is 0. The molecule has 1 amide bonds. The van der Waals surface area contributed by atoms with Gasteiger partial charge in [0.15, 0.2) is 0 Å². The van der Waals surface area contributed by atoms with E-state index in [9.17, 15) is 4.79 Å². The summed E-state index contributed by atoms with van der Waals surface area (Å²) in [4.78, 5) is 12.1. The summed E-state index contributed by atoms with van der Waals surface area (Å²) >= 11 is 11.7. The molecule has 2 rings (SSSR count). The minimum Gasteiger partial charge on any atom is -0.322 e. The molecule has 19 heavy (non-hydrogen) atoms. The van der Waals surface area contributed by atoms with Gasteiger partial charge in [0.1, 0.15) is 0 Å². The molecule has 0 saturated carbocycles. The lowest BCUT2D eigenvalue weighted by atomic mass is 10.1. The zero-order valence-corrected chi connectivity index (χ0v) is 12.1. The van der Waals surface area contributed by atoms with Crippen LogP contribution in [0.2, 0.25) is 10.0 Å². The summed E-state index contributed by atoms with van der Waals surface area (Å²) in [6.07, 6.45) is 0. The molecule has 2 aromatic carbocycles. The standard InChI is InChI=1S/C15H13Cl2NO/c1-9-3-5-12(7-10(9)2)18-15(19)11-4-6-13(16)14(17)8-11/h3-8H,1-2H3,(H,18,19). The SMILES string of the molecule is Cc1ccc(NC(=O)c2ccc(Cl)c(Cl)c2)cc1C. The van der Waals surface area contributed by atoms with Gasteiger partial charge < -0.3 is 5.32 Å². The van der Waals surface area contributed by atoms with Crippen molar-refractivity contribution < 1.29 is 4.79 Å². The number of carbonyl (C=O) groups excluding carboxylic acids is 1. The Labute approximate surface area is 122 Å². The molecule has 0 atom stereocenters. The van der Waals surface area contributed by atoms with Crippen molar-refractivity contribution in [3.05, 3.63) is 63.1 Å². The van der Waals surface area contributed by atoms with E-state index < -0.39 is 0 Å². The minimum absolute atomic E-state index is 0.207. The largest absolute Gasteiger partial charge is 0.322 e. The second-order valence-corrected chi connectivity index (χ2v) is 5.20. The van der Waals surface area contributed by atoms with Gasteiger partial charge in [-0.25, -0.2) is 0 Å². The number of amides is 1. The molecule has 1 N–H and O–H groups in total. The molecule has 0 radical (unpaired) electrons. The Balaban J connectivity index is 2.20. The summed E-state index contributed by atoms with van der Waals surface area (Å²) in [6.45, 7) is 4.03. The van der Waals surface area contributed by atoms with Gasteiger partial charge in [-0.3, -0.25) is 4.79 Å². The van der Waals surface area contributed by atoms with Crippen molar-refractivity contribution in [1.29, 1.82) is 0 Å². The third kappa shape index (κ3) is 3.28. The van der Waals surface area contributed by atoms with Crippen LogP contribution in [-0.2, 0) is 0 Å². The maximum absolute atomic E-state index is 12.1. The van der Waals surface area contributed by atoms with Crippen LogP contribution in [0.25, 0.3) is 0 Å². The second-order valence-electron chi connectivity index (χ2n) is 4.38. The highest BCUT2D eigenvalue weighted by Crippen LogP contribution is 2.23. The number of rotatable bonds is 2. The second kappa shape index (κ2) is 5.64. The van der Waals surface area contributed by atoms with Crippen LogP contribution in [0.15, 0.2) is 36.4 Å². The quantitative estimate of drug-likeness (QED) is 0.841. The lowest BCUT2D eigenvalue weighted by Crippen LogP contribution is -2.12. The van der Waals surface area contributed by atoms with Crippen LogP contribution < -0.4 is 5.32 Å². The first-order valence-corrected chi connectivity index (χ1v) is 6.56. The van der Waals surface area contributed by atoms with Crippen LogP contribution in [0, 0.1) is 13.8 Å². The number of benzene rings is 2. The van der Waals surface area contributed by atoms with Crippen LogP contribution in [0.3, 0.4) is 0 Å². The molecule has 0 unspecified atom stereocenters. The van der Waals surface area contributed by atoms with Gasteiger partial charge in [0.25, 0.3) is 5.91 Å². The highest BCUT2D eigenvalue weighted by Gasteiger charge is 2.08. The molecule has 98 valence electrons. The van der Waals surface area contributed by atoms with Gasteiger partial charge in [0.05, 0.1) is 10.0 Å². The fourth-order valence-electron chi connectivity index (χ4n) is 1.66. The van der Waals surface area contributed by atoms with Crippen molar-refractivity contribution in [3.8, 4) is 0 Å². The van der Waals surface area contributed by atoms with Crippen molar-refractivity contribution >= 4 is 34.8 Å². The van der Waals surface area contributed by atoms with Gasteiger partial charge in [0.2, 0.25) is 0 Å². The van der Waals surface area contributed by atoms with Crippen molar-refractivity contribution in [2.45, 2.75) is 13.8 Å². The Morgan fingerprint density at radius 3 is 2.32 bits per heavy atom. The zero-order valence-electron chi connectivity index (χ0n) is 10.6. The topological polar surface area (TPSA) is 29.1 Å². The van der Waals surface area contributed by atoms with Crippen LogP contribution >= 0.6 is 23.2 Å². The molecular formula is C15H13Cl2NO. The summed E-state index contributed by atoms with van der Waals surface area (Å²) in [6, 6.07) is 10.6. The summed E-state index contributed by atoms with van der Waals surface area (Å²) in [5, 5.41) is 3.64. The normalized spacial score (nSPS) is 10.3. The van der Waals surface area contributed by atoms with Crippen LogP contribution in [0.4, 0.5) is 5.69 Å². The van der Waals surface area contributed by atoms with Crippen LogP contribution in [0.1, 0.15) is 21.5 Å². The van der Waals surface area contributed by atoms with E-state index in [1.165, 1.54) is 5.56 Å². The van der Waals surface area contributed by atoms with E-state index in [0.29, 0.717) is 15.6 Å². The molecule has 0 aliphatic rings. The molecule has 0 bridgehead atoms. The average molecular weight is 294 g/mol. The maximum Gasteiger partial charge on any atom is 0.255 e. The number of hydrogen-bond acceptors (Lipinski definition) is 1. The van der Waals surface area contributed by atoms with Crippen molar-refractivity contribution in [2.24, 2.45) is 0 Å². The fraction of sp³-hybridized carbons (Fsp3) is 0.133. The molecule has 0 spiro atoms. The molecule has 0 saturated heterocycles. The number of anilines is 1. The molecule has 0 fully saturated rings. The first-order valence-electron chi connectivity index (χ1n) is 5.81. The van der Waals surface area contributed by atoms with Crippen LogP contribution in [-0.4, -0.2) is 5.91 Å². The van der Waals surface area contributed by atoms with E-state index in [1.54, 1.807) is 18.2 Å². The number of aryl methyl sites for hydroxylation is 2. The Kier molecular flexibility index (Phi) is 4.13. The van der Waals surface area contributed by atoms with E-state index in [4.69, 9.17) is 23.2 Å². The Morgan fingerprint density at radius 1 is 0.947 bits per heavy atom. The number of carbonyl (C=O) groups is 1. The maximum atomic E-state index is 12.1. The molecule has 0 aromatic heterocycles. The monoisotopic (exact) mass is 293 g/mol. The zero-order chi connectivity index (χ0) is 14.0. The predicted octanol–water partition coefficient (Wildman–Crippen LogP) is 4.86. The van der Waals surface area contributed by atoms with E-state index >= 15 is 0 Å². The molecule has 0 aliphatic carbocycles. The van der Waals surface area contributed by atoms with Crippen molar-refractivity contribution in [3.63, 3.8) is 0 Å². The Bertz CT molecular complexity index is 638. The number of nitrogens with one attached hydrogen (secondary N) is 1. The first kappa shape index (κ1) is 13.9. The highest BCUT2D eigenvalue weighted by molar-refractivity contribution is 6.42. The molecule has 2 nitrogen and oxygen atoms in total. The van der Waals surface area contributed by atoms with Gasteiger partial charge in [-0.1, -0.05) is 29.3 Å². The molecule has 0 heterocycles. The van der Waals surface area contributed by atoms with Gasteiger partial charge in [-0.05, 0) is 55.3 Å². The Morgan fingerprint density at radius 2 is 1.68 bits per heavy atom. The highest BCUT2D eigenvalue weighted by atomic mass is 35.5. The number of hydrogen-bond donors (Lipinski definition) is 1. The fourth-order valence-corrected chi connectivity index (χ4v) is 1.96. The van der Waals surface area contributed by atoms with Crippen molar-refractivity contribution in [1.82, 2.24) is 0 Å². The summed E-state index contributed by atoms with van der Waals surface area (Å²) in [5.41, 5.74) is 3.56. The van der Waals surface area contributed by atoms with E-state index in [0.717, 1.165) is 11.3 Å². The molecule has 4 heteroatoms. The molecule has 2 aromatic rings. The first-order chi connectivity index (χ1) is 8.97. The summed E-state index contributed by atoms with van der Waals surface area (Å²) in [5.74, 6) is -0.207. The third-order valence-electron chi connectivity index (χ3n) is 2.95. The van der Waals surface area contributed by atoms with Gasteiger partial charge >= 0.3 is 0 Å². The predicted molar refractivity (Wildman–Crippen MR) is 80.3 cm³/mol. The third-order valence-corrected chi connectivity index (χ3v) is 3.69.